The normalized spacial score (nSPS) is 18.9. The summed E-state index contributed by atoms with van der Waals surface area (Å²) in [7, 11) is 1.76. The summed E-state index contributed by atoms with van der Waals surface area (Å²) in [4.78, 5) is 2.64. The van der Waals surface area contributed by atoms with Crippen molar-refractivity contribution in [3.05, 3.63) is 28.2 Å². The largest absolute Gasteiger partial charge is 0.496 e. The molecule has 0 spiro atoms. The van der Waals surface area contributed by atoms with Crippen LogP contribution in [-0.2, 0) is 6.54 Å². The van der Waals surface area contributed by atoms with E-state index >= 15 is 0 Å². The van der Waals surface area contributed by atoms with E-state index in [0.717, 1.165) is 28.6 Å². The second-order valence-electron chi connectivity index (χ2n) is 6.04. The Balaban J connectivity index is 1.69. The lowest BCUT2D eigenvalue weighted by molar-refractivity contribution is 0.240. The fourth-order valence-corrected chi connectivity index (χ4v) is 3.05. The predicted molar refractivity (Wildman–Crippen MR) is 81.4 cm³/mol. The SMILES string of the molecule is COc1ccc(Br)cc1CN(CC1CC1)CC1CC1. The molecule has 2 nitrogen and oxygen atoms in total. The molecule has 0 unspecified atom stereocenters. The van der Waals surface area contributed by atoms with Crippen molar-refractivity contribution < 1.29 is 4.74 Å². The fraction of sp³-hybridized carbons (Fsp3) is 0.625. The van der Waals surface area contributed by atoms with E-state index in [-0.39, 0.29) is 0 Å². The molecule has 0 atom stereocenters. The van der Waals surface area contributed by atoms with Crippen LogP contribution >= 0.6 is 15.9 Å². The Morgan fingerprint density at radius 1 is 1.16 bits per heavy atom. The van der Waals surface area contributed by atoms with Gasteiger partial charge in [0.2, 0.25) is 0 Å². The van der Waals surface area contributed by atoms with E-state index < -0.39 is 0 Å². The van der Waals surface area contributed by atoms with Gasteiger partial charge in [-0.3, -0.25) is 4.90 Å². The molecule has 2 aliphatic carbocycles. The summed E-state index contributed by atoms with van der Waals surface area (Å²) in [6.07, 6.45) is 5.71. The van der Waals surface area contributed by atoms with Crippen LogP contribution in [0.2, 0.25) is 0 Å². The molecule has 2 aliphatic rings. The van der Waals surface area contributed by atoms with Gasteiger partial charge in [-0.05, 0) is 55.7 Å². The van der Waals surface area contributed by atoms with E-state index in [0.29, 0.717) is 0 Å². The van der Waals surface area contributed by atoms with Crippen LogP contribution in [0, 0.1) is 11.8 Å². The van der Waals surface area contributed by atoms with Gasteiger partial charge in [0.05, 0.1) is 7.11 Å². The number of methoxy groups -OCH3 is 1. The number of hydrogen-bond acceptors (Lipinski definition) is 2. The molecule has 2 fully saturated rings. The average Bonchev–Trinajstić information content (AvgIpc) is 3.25. The summed E-state index contributed by atoms with van der Waals surface area (Å²) in [6, 6.07) is 6.31. The van der Waals surface area contributed by atoms with Crippen molar-refractivity contribution in [2.75, 3.05) is 20.2 Å². The molecular formula is C16H22BrNO. The second kappa shape index (κ2) is 5.84. The van der Waals surface area contributed by atoms with E-state index in [1.165, 1.54) is 44.3 Å². The zero-order valence-electron chi connectivity index (χ0n) is 11.6. The first kappa shape index (κ1) is 13.4. The lowest BCUT2D eigenvalue weighted by atomic mass is 10.1. The molecular weight excluding hydrogens is 302 g/mol. The summed E-state index contributed by atoms with van der Waals surface area (Å²) < 4.78 is 6.63. The first-order chi connectivity index (χ1) is 9.24. The van der Waals surface area contributed by atoms with E-state index in [2.05, 4.69) is 39.0 Å². The third-order valence-electron chi connectivity index (χ3n) is 4.06. The molecule has 19 heavy (non-hydrogen) atoms. The zero-order valence-corrected chi connectivity index (χ0v) is 13.2. The Bertz CT molecular complexity index is 426. The highest BCUT2D eigenvalue weighted by Gasteiger charge is 2.29. The van der Waals surface area contributed by atoms with Crippen molar-refractivity contribution in [3.63, 3.8) is 0 Å². The van der Waals surface area contributed by atoms with Gasteiger partial charge in [-0.2, -0.15) is 0 Å². The van der Waals surface area contributed by atoms with Gasteiger partial charge < -0.3 is 4.74 Å². The molecule has 3 heteroatoms. The minimum atomic E-state index is 0.955. The monoisotopic (exact) mass is 323 g/mol. The maximum atomic E-state index is 5.49. The van der Waals surface area contributed by atoms with Gasteiger partial charge in [-0.25, -0.2) is 0 Å². The number of nitrogens with zero attached hydrogens (tertiary/aromatic N) is 1. The Kier molecular flexibility index (Phi) is 4.13. The van der Waals surface area contributed by atoms with Crippen LogP contribution in [0.15, 0.2) is 22.7 Å². The van der Waals surface area contributed by atoms with Crippen LogP contribution in [0.1, 0.15) is 31.2 Å². The molecule has 0 aliphatic heterocycles. The molecule has 1 aromatic rings. The van der Waals surface area contributed by atoms with Crippen LogP contribution < -0.4 is 4.74 Å². The predicted octanol–water partition coefficient (Wildman–Crippen LogP) is 4.08. The molecule has 0 N–H and O–H groups in total. The summed E-state index contributed by atoms with van der Waals surface area (Å²) in [5, 5.41) is 0. The molecule has 3 rings (SSSR count). The van der Waals surface area contributed by atoms with Crippen molar-refractivity contribution in [1.82, 2.24) is 4.90 Å². The van der Waals surface area contributed by atoms with Gasteiger partial charge in [0, 0.05) is 29.7 Å². The highest BCUT2D eigenvalue weighted by Crippen LogP contribution is 2.35. The Morgan fingerprint density at radius 2 is 1.79 bits per heavy atom. The summed E-state index contributed by atoms with van der Waals surface area (Å²) in [6.45, 7) is 3.56. The van der Waals surface area contributed by atoms with Crippen molar-refractivity contribution >= 4 is 15.9 Å². The van der Waals surface area contributed by atoms with E-state index in [9.17, 15) is 0 Å². The molecule has 2 saturated carbocycles. The highest BCUT2D eigenvalue weighted by atomic mass is 79.9. The van der Waals surface area contributed by atoms with Gasteiger partial charge in [-0.1, -0.05) is 15.9 Å². The number of hydrogen-bond donors (Lipinski definition) is 0. The summed E-state index contributed by atoms with van der Waals surface area (Å²) in [5.41, 5.74) is 1.30. The third-order valence-corrected chi connectivity index (χ3v) is 4.56. The average molecular weight is 324 g/mol. The molecule has 0 amide bonds. The Morgan fingerprint density at radius 3 is 2.32 bits per heavy atom. The van der Waals surface area contributed by atoms with Crippen molar-refractivity contribution in [3.8, 4) is 5.75 Å². The number of ether oxygens (including phenoxy) is 1. The minimum absolute atomic E-state index is 0.955. The molecule has 104 valence electrons. The molecule has 0 radical (unpaired) electrons. The third kappa shape index (κ3) is 3.96. The van der Waals surface area contributed by atoms with E-state index in [1.807, 2.05) is 0 Å². The second-order valence-corrected chi connectivity index (χ2v) is 6.95. The molecule has 0 aromatic heterocycles. The summed E-state index contributed by atoms with van der Waals surface area (Å²) >= 11 is 3.57. The van der Waals surface area contributed by atoms with E-state index in [4.69, 9.17) is 4.74 Å². The van der Waals surface area contributed by atoms with Crippen molar-refractivity contribution in [1.29, 1.82) is 0 Å². The first-order valence-corrected chi connectivity index (χ1v) is 8.08. The first-order valence-electron chi connectivity index (χ1n) is 7.29. The smallest absolute Gasteiger partial charge is 0.123 e. The topological polar surface area (TPSA) is 12.5 Å². The van der Waals surface area contributed by atoms with Crippen LogP contribution in [-0.4, -0.2) is 25.1 Å². The number of halogens is 1. The van der Waals surface area contributed by atoms with Crippen LogP contribution in [0.4, 0.5) is 0 Å². The molecule has 0 saturated heterocycles. The lowest BCUT2D eigenvalue weighted by Gasteiger charge is -2.23. The quantitative estimate of drug-likeness (QED) is 0.749. The Labute approximate surface area is 124 Å². The molecule has 0 bridgehead atoms. The fourth-order valence-electron chi connectivity index (χ4n) is 2.65. The van der Waals surface area contributed by atoms with Crippen molar-refractivity contribution in [2.24, 2.45) is 11.8 Å². The van der Waals surface area contributed by atoms with E-state index in [1.54, 1.807) is 7.11 Å². The molecule has 1 aromatic carbocycles. The van der Waals surface area contributed by atoms with Crippen LogP contribution in [0.3, 0.4) is 0 Å². The maximum Gasteiger partial charge on any atom is 0.123 e. The van der Waals surface area contributed by atoms with Crippen LogP contribution in [0.5, 0.6) is 5.75 Å². The van der Waals surface area contributed by atoms with Gasteiger partial charge in [0.1, 0.15) is 5.75 Å². The van der Waals surface area contributed by atoms with Gasteiger partial charge in [-0.15, -0.1) is 0 Å². The van der Waals surface area contributed by atoms with Gasteiger partial charge in [0.15, 0.2) is 0 Å². The standard InChI is InChI=1S/C16H22BrNO/c1-19-16-7-6-15(17)8-14(16)11-18(9-12-2-3-12)10-13-4-5-13/h6-8,12-13H,2-5,9-11H2,1H3. The lowest BCUT2D eigenvalue weighted by Crippen LogP contribution is -2.28. The minimum Gasteiger partial charge on any atom is -0.496 e. The number of rotatable bonds is 7. The number of benzene rings is 1. The van der Waals surface area contributed by atoms with Crippen LogP contribution in [0.25, 0.3) is 0 Å². The maximum absolute atomic E-state index is 5.49. The molecule has 0 heterocycles. The summed E-state index contributed by atoms with van der Waals surface area (Å²) in [5.74, 6) is 2.92. The van der Waals surface area contributed by atoms with Gasteiger partial charge >= 0.3 is 0 Å². The zero-order chi connectivity index (χ0) is 13.2. The highest BCUT2D eigenvalue weighted by molar-refractivity contribution is 9.10. The van der Waals surface area contributed by atoms with Crippen molar-refractivity contribution in [2.45, 2.75) is 32.2 Å². The Hall–Kier alpha value is -0.540. The van der Waals surface area contributed by atoms with Gasteiger partial charge in [0.25, 0.3) is 0 Å².